The van der Waals surface area contributed by atoms with Crippen molar-refractivity contribution in [3.63, 3.8) is 0 Å². The molecule has 1 aromatic carbocycles. The summed E-state index contributed by atoms with van der Waals surface area (Å²) in [7, 11) is 1.34. The van der Waals surface area contributed by atoms with Gasteiger partial charge in [-0.25, -0.2) is 9.78 Å². The molecule has 0 radical (unpaired) electrons. The molecule has 218 valence electrons. The van der Waals surface area contributed by atoms with Crippen LogP contribution in [0.1, 0.15) is 91.0 Å². The molecule has 11 nitrogen and oxygen atoms in total. The maximum Gasteiger partial charge on any atom is 0.337 e. The number of anilines is 2. The highest BCUT2D eigenvalue weighted by Crippen LogP contribution is 2.34. The van der Waals surface area contributed by atoms with Gasteiger partial charge in [-0.2, -0.15) is 9.97 Å². The molecule has 1 amide bonds. The lowest BCUT2D eigenvalue weighted by atomic mass is 9.92. The Bertz CT molecular complexity index is 1370. The molecule has 3 aliphatic rings. The van der Waals surface area contributed by atoms with E-state index in [-0.39, 0.29) is 18.0 Å². The average molecular weight is 561 g/mol. The Hall–Kier alpha value is -3.73. The molecular weight excluding hydrogens is 520 g/mol. The first kappa shape index (κ1) is 27.4. The topological polar surface area (TPSA) is 140 Å². The van der Waals surface area contributed by atoms with Crippen molar-refractivity contribution in [2.24, 2.45) is 5.73 Å². The summed E-state index contributed by atoms with van der Waals surface area (Å²) in [5.74, 6) is 0.954. The van der Waals surface area contributed by atoms with Crippen molar-refractivity contribution in [1.82, 2.24) is 24.4 Å². The highest BCUT2D eigenvalue weighted by atomic mass is 16.5. The molecule has 1 saturated heterocycles. The molecule has 0 bridgehead atoms. The lowest BCUT2D eigenvalue weighted by molar-refractivity contribution is 0.0599. The minimum absolute atomic E-state index is 0.0294. The standard InChI is InChI=1S/C30H40N8O3/c1-41-29(40)20-8-6-19(7-9-20)28(39)37-16-14-23(15-17-37)33-26-25-27(38(18-32-25)24-4-2-3-5-24)36-30(35-26)34-22-12-10-21(31)11-13-22/h6-9,18,21-24H,2-5,10-17,31H2,1H3,(H2,33,34,35,36). The Morgan fingerprint density at radius 1 is 0.878 bits per heavy atom. The maximum atomic E-state index is 13.1. The number of nitrogens with one attached hydrogen (secondary N) is 2. The van der Waals surface area contributed by atoms with Crippen LogP contribution in [0.3, 0.4) is 0 Å². The van der Waals surface area contributed by atoms with E-state index in [0.717, 1.165) is 68.3 Å². The molecule has 2 aliphatic carbocycles. The zero-order valence-corrected chi connectivity index (χ0v) is 23.7. The number of fused-ring (bicyclic) bond motifs is 1. The summed E-state index contributed by atoms with van der Waals surface area (Å²) < 4.78 is 6.99. The number of esters is 1. The molecule has 11 heteroatoms. The van der Waals surface area contributed by atoms with Gasteiger partial charge in [-0.3, -0.25) is 4.79 Å². The van der Waals surface area contributed by atoms with E-state index in [1.807, 2.05) is 11.2 Å². The van der Waals surface area contributed by atoms with Crippen LogP contribution in [0.2, 0.25) is 0 Å². The Balaban J connectivity index is 1.16. The minimum Gasteiger partial charge on any atom is -0.465 e. The predicted octanol–water partition coefficient (Wildman–Crippen LogP) is 4.13. The van der Waals surface area contributed by atoms with Gasteiger partial charge in [0.2, 0.25) is 5.95 Å². The summed E-state index contributed by atoms with van der Waals surface area (Å²) in [6.45, 7) is 1.26. The molecular formula is C30H40N8O3. The van der Waals surface area contributed by atoms with Crippen molar-refractivity contribution in [3.05, 3.63) is 41.7 Å². The Morgan fingerprint density at radius 2 is 1.54 bits per heavy atom. The molecule has 6 rings (SSSR count). The fraction of sp³-hybridized carbons (Fsp3) is 0.567. The first-order valence-electron chi connectivity index (χ1n) is 15.0. The first-order chi connectivity index (χ1) is 20.0. The molecule has 0 atom stereocenters. The number of hydrogen-bond donors (Lipinski definition) is 3. The van der Waals surface area contributed by atoms with Gasteiger partial charge in [-0.05, 0) is 75.6 Å². The Morgan fingerprint density at radius 3 is 2.22 bits per heavy atom. The number of hydrogen-bond acceptors (Lipinski definition) is 9. The van der Waals surface area contributed by atoms with Gasteiger partial charge in [0.1, 0.15) is 0 Å². The second-order valence-electron chi connectivity index (χ2n) is 11.7. The van der Waals surface area contributed by atoms with Crippen LogP contribution in [0, 0.1) is 0 Å². The van der Waals surface area contributed by atoms with Crippen molar-refractivity contribution in [2.45, 2.75) is 88.4 Å². The van der Waals surface area contributed by atoms with Crippen LogP contribution in [-0.4, -0.2) is 74.6 Å². The SMILES string of the molecule is COC(=O)c1ccc(C(=O)N2CCC(Nc3nc(NC4CCC(N)CC4)nc4c3ncn4C3CCCC3)CC2)cc1. The zero-order valence-electron chi connectivity index (χ0n) is 23.7. The number of amides is 1. The van der Waals surface area contributed by atoms with E-state index < -0.39 is 5.97 Å². The van der Waals surface area contributed by atoms with Crippen LogP contribution in [0.4, 0.5) is 11.8 Å². The van der Waals surface area contributed by atoms with Gasteiger partial charge in [0.15, 0.2) is 17.0 Å². The number of ether oxygens (including phenoxy) is 1. The van der Waals surface area contributed by atoms with Crippen LogP contribution in [0.25, 0.3) is 11.2 Å². The number of aromatic nitrogens is 4. The van der Waals surface area contributed by atoms with Crippen LogP contribution in [0.5, 0.6) is 0 Å². The molecule has 1 aliphatic heterocycles. The monoisotopic (exact) mass is 560 g/mol. The third-order valence-corrected chi connectivity index (χ3v) is 8.92. The predicted molar refractivity (Wildman–Crippen MR) is 157 cm³/mol. The van der Waals surface area contributed by atoms with Gasteiger partial charge in [0.05, 0.1) is 19.0 Å². The number of likely N-dealkylation sites (tertiary alicyclic amines) is 1. The van der Waals surface area contributed by atoms with E-state index in [9.17, 15) is 9.59 Å². The fourth-order valence-electron chi connectivity index (χ4n) is 6.45. The average Bonchev–Trinajstić information content (AvgIpc) is 3.69. The summed E-state index contributed by atoms with van der Waals surface area (Å²) in [5.41, 5.74) is 8.81. The molecule has 4 N–H and O–H groups in total. The van der Waals surface area contributed by atoms with E-state index in [1.54, 1.807) is 24.3 Å². The van der Waals surface area contributed by atoms with E-state index in [0.29, 0.717) is 42.2 Å². The van der Waals surface area contributed by atoms with E-state index in [1.165, 1.54) is 20.0 Å². The summed E-state index contributed by atoms with van der Waals surface area (Å²) in [4.78, 5) is 41.4. The van der Waals surface area contributed by atoms with Gasteiger partial charge < -0.3 is 30.6 Å². The summed E-state index contributed by atoms with van der Waals surface area (Å²) in [6.07, 6.45) is 12.4. The normalized spacial score (nSPS) is 22.1. The molecule has 0 spiro atoms. The first-order valence-corrected chi connectivity index (χ1v) is 15.0. The number of rotatable bonds is 7. The molecule has 3 heterocycles. The molecule has 3 fully saturated rings. The number of nitrogens with two attached hydrogens (primary N) is 1. The van der Waals surface area contributed by atoms with Gasteiger partial charge in [-0.1, -0.05) is 12.8 Å². The smallest absolute Gasteiger partial charge is 0.337 e. The number of carbonyl (C=O) groups excluding carboxylic acids is 2. The van der Waals surface area contributed by atoms with Crippen LogP contribution in [0.15, 0.2) is 30.6 Å². The molecule has 2 aromatic heterocycles. The van der Waals surface area contributed by atoms with Gasteiger partial charge in [0, 0.05) is 42.8 Å². The lowest BCUT2D eigenvalue weighted by Gasteiger charge is -2.33. The van der Waals surface area contributed by atoms with Crippen molar-refractivity contribution < 1.29 is 14.3 Å². The summed E-state index contributed by atoms with van der Waals surface area (Å²) in [6, 6.07) is 7.83. The number of methoxy groups -OCH3 is 1. The molecule has 2 saturated carbocycles. The van der Waals surface area contributed by atoms with Crippen molar-refractivity contribution in [3.8, 4) is 0 Å². The molecule has 3 aromatic rings. The number of imidazole rings is 1. The number of benzene rings is 1. The van der Waals surface area contributed by atoms with E-state index in [4.69, 9.17) is 25.4 Å². The van der Waals surface area contributed by atoms with E-state index in [2.05, 4.69) is 15.2 Å². The fourth-order valence-corrected chi connectivity index (χ4v) is 6.45. The van der Waals surface area contributed by atoms with Crippen LogP contribution < -0.4 is 16.4 Å². The van der Waals surface area contributed by atoms with Crippen molar-refractivity contribution in [1.29, 1.82) is 0 Å². The highest BCUT2D eigenvalue weighted by Gasteiger charge is 2.27. The van der Waals surface area contributed by atoms with Crippen LogP contribution >= 0.6 is 0 Å². The maximum absolute atomic E-state index is 13.1. The van der Waals surface area contributed by atoms with E-state index >= 15 is 0 Å². The van der Waals surface area contributed by atoms with Gasteiger partial charge in [-0.15, -0.1) is 0 Å². The third-order valence-electron chi connectivity index (χ3n) is 8.92. The van der Waals surface area contributed by atoms with Crippen molar-refractivity contribution >= 4 is 34.8 Å². The molecule has 41 heavy (non-hydrogen) atoms. The Kier molecular flexibility index (Phi) is 8.04. The minimum atomic E-state index is -0.413. The Labute approximate surface area is 240 Å². The zero-order chi connectivity index (χ0) is 28.3. The van der Waals surface area contributed by atoms with Gasteiger partial charge >= 0.3 is 5.97 Å². The number of piperidine rings is 1. The third kappa shape index (κ3) is 6.00. The summed E-state index contributed by atoms with van der Waals surface area (Å²) in [5, 5.41) is 7.25. The second-order valence-corrected chi connectivity index (χ2v) is 11.7. The number of nitrogens with zero attached hydrogens (tertiary/aromatic N) is 5. The van der Waals surface area contributed by atoms with Crippen molar-refractivity contribution in [2.75, 3.05) is 30.8 Å². The quantitative estimate of drug-likeness (QED) is 0.364. The largest absolute Gasteiger partial charge is 0.465 e. The second kappa shape index (κ2) is 12.0. The van der Waals surface area contributed by atoms with Crippen LogP contribution in [-0.2, 0) is 4.74 Å². The molecule has 0 unspecified atom stereocenters. The summed E-state index contributed by atoms with van der Waals surface area (Å²) >= 11 is 0. The number of carbonyl (C=O) groups is 2. The highest BCUT2D eigenvalue weighted by molar-refractivity contribution is 5.96. The lowest BCUT2D eigenvalue weighted by Crippen LogP contribution is -2.42. The van der Waals surface area contributed by atoms with Gasteiger partial charge in [0.25, 0.3) is 5.91 Å².